The minimum absolute atomic E-state index is 0.802. The topological polar surface area (TPSA) is 57.4 Å². The van der Waals surface area contributed by atoms with Crippen LogP contribution in [-0.4, -0.2) is 20.2 Å². The lowest BCUT2D eigenvalue weighted by Crippen LogP contribution is -1.90. The second kappa shape index (κ2) is 11.3. The molecule has 0 fully saturated rings. The second-order valence-corrected chi connectivity index (χ2v) is 7.97. The molecule has 3 aromatic rings. The monoisotopic (exact) mass is 450 g/mol. The van der Waals surface area contributed by atoms with Gasteiger partial charge in [-0.25, -0.2) is 4.98 Å². The molecular formula is C30H34N4. The Kier molecular flexibility index (Phi) is 8.20. The number of hydrogen-bond donors (Lipinski definition) is 2. The van der Waals surface area contributed by atoms with Crippen LogP contribution in [0.15, 0.2) is 91.1 Å². The molecule has 0 atom stereocenters. The number of pyridine rings is 1. The van der Waals surface area contributed by atoms with Crippen molar-refractivity contribution in [2.24, 2.45) is 0 Å². The molecule has 0 aliphatic rings. The summed E-state index contributed by atoms with van der Waals surface area (Å²) >= 11 is 0. The molecule has 3 aromatic heterocycles. The molecule has 0 radical (unpaired) electrons. The molecule has 34 heavy (non-hydrogen) atoms. The van der Waals surface area contributed by atoms with Gasteiger partial charge in [-0.05, 0) is 80.7 Å². The first-order valence-corrected chi connectivity index (χ1v) is 11.7. The number of allylic oxidation sites excluding steroid dienone is 12. The van der Waals surface area contributed by atoms with Crippen molar-refractivity contribution in [2.75, 3.05) is 0 Å². The van der Waals surface area contributed by atoms with Gasteiger partial charge in [0.05, 0.1) is 16.9 Å². The summed E-state index contributed by atoms with van der Waals surface area (Å²) in [6.45, 7) is 18.1. The van der Waals surface area contributed by atoms with E-state index in [4.69, 9.17) is 4.98 Å². The summed E-state index contributed by atoms with van der Waals surface area (Å²) in [6, 6.07) is 6.21. The van der Waals surface area contributed by atoms with E-state index < -0.39 is 0 Å². The van der Waals surface area contributed by atoms with Crippen LogP contribution < -0.4 is 0 Å². The highest BCUT2D eigenvalue weighted by Crippen LogP contribution is 2.33. The molecule has 3 rings (SSSR count). The van der Waals surface area contributed by atoms with E-state index in [9.17, 15) is 0 Å². The number of fused-ring (bicyclic) bond motifs is 1. The molecule has 0 unspecified atom stereocenters. The fraction of sp³-hybridized carbons (Fsp3) is 0.200. The fourth-order valence-corrected chi connectivity index (χ4v) is 4.00. The summed E-state index contributed by atoms with van der Waals surface area (Å²) in [5.41, 5.74) is 11.0. The first-order valence-electron chi connectivity index (χ1n) is 11.7. The SMILES string of the molecule is C=C/C=C(C(/C=C\C)=C/C)\c1cc(-c2n[nH]c3ccc(C(/C=C(\C=C)CC)=C/C)nc23)[nH]c1C. The molecular weight excluding hydrogens is 416 g/mol. The van der Waals surface area contributed by atoms with Gasteiger partial charge >= 0.3 is 0 Å². The second-order valence-electron chi connectivity index (χ2n) is 7.97. The third-order valence-corrected chi connectivity index (χ3v) is 5.84. The zero-order valence-corrected chi connectivity index (χ0v) is 20.9. The molecule has 0 aromatic carbocycles. The van der Waals surface area contributed by atoms with Crippen LogP contribution in [0.25, 0.3) is 33.6 Å². The van der Waals surface area contributed by atoms with Crippen molar-refractivity contribution in [1.82, 2.24) is 20.2 Å². The lowest BCUT2D eigenvalue weighted by molar-refractivity contribution is 1.11. The van der Waals surface area contributed by atoms with Gasteiger partial charge in [0.2, 0.25) is 0 Å². The predicted molar refractivity (Wildman–Crippen MR) is 147 cm³/mol. The van der Waals surface area contributed by atoms with E-state index in [1.807, 2.05) is 57.2 Å². The number of aromatic nitrogens is 4. The smallest absolute Gasteiger partial charge is 0.135 e. The average molecular weight is 451 g/mol. The first-order chi connectivity index (χ1) is 16.5. The lowest BCUT2D eigenvalue weighted by Gasteiger charge is -2.07. The number of rotatable bonds is 9. The molecule has 174 valence electrons. The molecule has 4 nitrogen and oxygen atoms in total. The van der Waals surface area contributed by atoms with Crippen LogP contribution in [0.3, 0.4) is 0 Å². The molecule has 0 spiro atoms. The van der Waals surface area contributed by atoms with Crippen LogP contribution in [0.4, 0.5) is 0 Å². The molecule has 3 heterocycles. The van der Waals surface area contributed by atoms with E-state index in [1.165, 1.54) is 5.57 Å². The zero-order chi connectivity index (χ0) is 24.7. The van der Waals surface area contributed by atoms with Crippen LogP contribution in [0.5, 0.6) is 0 Å². The van der Waals surface area contributed by atoms with Crippen molar-refractivity contribution in [3.8, 4) is 11.4 Å². The quantitative estimate of drug-likeness (QED) is 0.322. The van der Waals surface area contributed by atoms with Crippen LogP contribution in [-0.2, 0) is 0 Å². The van der Waals surface area contributed by atoms with E-state index in [1.54, 1.807) is 0 Å². The van der Waals surface area contributed by atoms with Crippen molar-refractivity contribution < 1.29 is 0 Å². The first kappa shape index (κ1) is 24.7. The Bertz CT molecular complexity index is 1350. The van der Waals surface area contributed by atoms with E-state index in [0.29, 0.717) is 0 Å². The molecule has 0 aliphatic carbocycles. The average Bonchev–Trinajstić information content (AvgIpc) is 3.45. The number of aromatic amines is 2. The summed E-state index contributed by atoms with van der Waals surface area (Å²) in [7, 11) is 0. The van der Waals surface area contributed by atoms with Crippen molar-refractivity contribution in [3.63, 3.8) is 0 Å². The summed E-state index contributed by atoms with van der Waals surface area (Å²) < 4.78 is 0. The third-order valence-electron chi connectivity index (χ3n) is 5.84. The Morgan fingerprint density at radius 2 is 1.91 bits per heavy atom. The highest BCUT2D eigenvalue weighted by molar-refractivity contribution is 5.92. The largest absolute Gasteiger partial charge is 0.357 e. The molecule has 0 saturated heterocycles. The van der Waals surface area contributed by atoms with Crippen LogP contribution in [0.2, 0.25) is 0 Å². The molecule has 0 amide bonds. The van der Waals surface area contributed by atoms with Gasteiger partial charge < -0.3 is 4.98 Å². The molecule has 0 aliphatic heterocycles. The third kappa shape index (κ3) is 5.01. The summed E-state index contributed by atoms with van der Waals surface area (Å²) in [5.74, 6) is 0. The Morgan fingerprint density at radius 1 is 1.12 bits per heavy atom. The van der Waals surface area contributed by atoms with E-state index in [-0.39, 0.29) is 0 Å². The maximum atomic E-state index is 4.99. The zero-order valence-electron chi connectivity index (χ0n) is 20.9. The molecule has 0 bridgehead atoms. The predicted octanol–water partition coefficient (Wildman–Crippen LogP) is 8.28. The van der Waals surface area contributed by atoms with Crippen molar-refractivity contribution in [1.29, 1.82) is 0 Å². The normalized spacial score (nSPS) is 13.8. The molecule has 0 saturated carbocycles. The van der Waals surface area contributed by atoms with Gasteiger partial charge in [0, 0.05) is 11.3 Å². The Labute approximate surface area is 202 Å². The van der Waals surface area contributed by atoms with Gasteiger partial charge in [-0.3, -0.25) is 5.10 Å². The maximum Gasteiger partial charge on any atom is 0.135 e. The van der Waals surface area contributed by atoms with E-state index in [2.05, 4.69) is 72.6 Å². The summed E-state index contributed by atoms with van der Waals surface area (Å²) in [4.78, 5) is 8.51. The van der Waals surface area contributed by atoms with Gasteiger partial charge in [-0.2, -0.15) is 5.10 Å². The van der Waals surface area contributed by atoms with Crippen LogP contribution in [0.1, 0.15) is 51.1 Å². The number of aryl methyl sites for hydroxylation is 1. The highest BCUT2D eigenvalue weighted by Gasteiger charge is 2.17. The lowest BCUT2D eigenvalue weighted by atomic mass is 9.96. The van der Waals surface area contributed by atoms with Gasteiger partial charge in [0.15, 0.2) is 0 Å². The number of nitrogens with zero attached hydrogens (tertiary/aromatic N) is 2. The van der Waals surface area contributed by atoms with Gasteiger partial charge in [0.1, 0.15) is 11.2 Å². The Morgan fingerprint density at radius 3 is 2.53 bits per heavy atom. The number of hydrogen-bond acceptors (Lipinski definition) is 2. The van der Waals surface area contributed by atoms with Gasteiger partial charge in [0.25, 0.3) is 0 Å². The molecule has 4 heteroatoms. The van der Waals surface area contributed by atoms with E-state index in [0.717, 1.165) is 62.5 Å². The standard InChI is InChI=1S/C30H34N4/c1-8-14-22(12-5)24(15-9-2)25-19-28(31-20(25)7)30-29-27(33-34-30)17-16-26(32-29)23(13-6)18-21(10-3)11-4/h8-10,12-19,31H,2-3,11H2,1,4-7H3,(H,33,34)/b14-8-,21-18+,22-12+,23-13+,24-15-. The Balaban J connectivity index is 2.13. The minimum atomic E-state index is 0.802. The van der Waals surface area contributed by atoms with Gasteiger partial charge in [-0.1, -0.05) is 62.6 Å². The fourth-order valence-electron chi connectivity index (χ4n) is 4.00. The summed E-state index contributed by atoms with van der Waals surface area (Å²) in [6.07, 6.45) is 17.2. The van der Waals surface area contributed by atoms with Crippen LogP contribution in [0, 0.1) is 6.92 Å². The number of nitrogens with one attached hydrogen (secondary N) is 2. The highest BCUT2D eigenvalue weighted by atomic mass is 15.1. The Hall–Kier alpha value is -3.92. The van der Waals surface area contributed by atoms with Gasteiger partial charge in [-0.15, -0.1) is 0 Å². The minimum Gasteiger partial charge on any atom is -0.357 e. The maximum absolute atomic E-state index is 4.99. The van der Waals surface area contributed by atoms with Crippen molar-refractivity contribution >= 4 is 22.2 Å². The van der Waals surface area contributed by atoms with E-state index >= 15 is 0 Å². The summed E-state index contributed by atoms with van der Waals surface area (Å²) in [5, 5.41) is 7.74. The number of H-pyrrole nitrogens is 2. The van der Waals surface area contributed by atoms with Crippen LogP contribution >= 0.6 is 0 Å². The van der Waals surface area contributed by atoms with Crippen molar-refractivity contribution in [3.05, 3.63) is 108 Å². The van der Waals surface area contributed by atoms with Crippen molar-refractivity contribution in [2.45, 2.75) is 41.0 Å². The molecule has 2 N–H and O–H groups in total.